The first-order chi connectivity index (χ1) is 13.9. The van der Waals surface area contributed by atoms with Gasteiger partial charge >= 0.3 is 5.97 Å². The molecule has 0 saturated carbocycles. The van der Waals surface area contributed by atoms with Crippen molar-refractivity contribution in [3.63, 3.8) is 0 Å². The number of nitrogens with two attached hydrogens (primary N) is 2. The monoisotopic (exact) mass is 449 g/mol. The van der Waals surface area contributed by atoms with E-state index in [-0.39, 0.29) is 19.3 Å². The van der Waals surface area contributed by atoms with Crippen LogP contribution in [0.4, 0.5) is 0 Å². The standard InChI is InChI=1S/C17H31N5O7S/c1-8(18)14(25)22-13(9(2)23)16(27)20-10(6-7-30-3)15(26)21-11(17(28)29)4-5-12(19)24/h8-11,13,23H,4-7,18H2,1-3H3,(H2,19,24)(H,20,27)(H,21,26)(H,22,25)(H,28,29). The van der Waals surface area contributed by atoms with Crippen molar-refractivity contribution in [1.82, 2.24) is 16.0 Å². The molecule has 0 saturated heterocycles. The molecule has 0 radical (unpaired) electrons. The summed E-state index contributed by atoms with van der Waals surface area (Å²) in [5, 5.41) is 26.1. The van der Waals surface area contributed by atoms with Crippen LogP contribution in [0.3, 0.4) is 0 Å². The van der Waals surface area contributed by atoms with Gasteiger partial charge in [0.05, 0.1) is 12.1 Å². The molecular formula is C17H31N5O7S. The van der Waals surface area contributed by atoms with E-state index in [2.05, 4.69) is 16.0 Å². The van der Waals surface area contributed by atoms with Gasteiger partial charge in [-0.2, -0.15) is 11.8 Å². The van der Waals surface area contributed by atoms with Crippen LogP contribution in [0.2, 0.25) is 0 Å². The summed E-state index contributed by atoms with van der Waals surface area (Å²) in [5.74, 6) is -3.89. The van der Waals surface area contributed by atoms with Crippen LogP contribution in [-0.2, 0) is 24.0 Å². The van der Waals surface area contributed by atoms with Gasteiger partial charge in [-0.1, -0.05) is 0 Å². The van der Waals surface area contributed by atoms with Crippen molar-refractivity contribution in [1.29, 1.82) is 0 Å². The van der Waals surface area contributed by atoms with Crippen molar-refractivity contribution >= 4 is 41.4 Å². The van der Waals surface area contributed by atoms with Gasteiger partial charge in [-0.05, 0) is 38.7 Å². The summed E-state index contributed by atoms with van der Waals surface area (Å²) >= 11 is 1.40. The number of carbonyl (C=O) groups excluding carboxylic acids is 4. The molecule has 5 atom stereocenters. The lowest BCUT2D eigenvalue weighted by molar-refractivity contribution is -0.142. The number of nitrogens with one attached hydrogen (secondary N) is 3. The molecule has 0 aliphatic rings. The Balaban J connectivity index is 5.32. The maximum Gasteiger partial charge on any atom is 0.326 e. The second-order valence-corrected chi connectivity index (χ2v) is 7.75. The Morgan fingerprint density at radius 1 is 0.933 bits per heavy atom. The van der Waals surface area contributed by atoms with Gasteiger partial charge in [-0.15, -0.1) is 0 Å². The van der Waals surface area contributed by atoms with Crippen LogP contribution in [0.15, 0.2) is 0 Å². The van der Waals surface area contributed by atoms with Gasteiger partial charge in [0.2, 0.25) is 23.6 Å². The molecular weight excluding hydrogens is 418 g/mol. The summed E-state index contributed by atoms with van der Waals surface area (Å²) in [5.41, 5.74) is 10.5. The first-order valence-electron chi connectivity index (χ1n) is 9.25. The highest BCUT2D eigenvalue weighted by atomic mass is 32.2. The third kappa shape index (κ3) is 10.4. The number of carboxylic acids is 1. The van der Waals surface area contributed by atoms with Crippen LogP contribution >= 0.6 is 11.8 Å². The number of aliphatic carboxylic acids is 1. The van der Waals surface area contributed by atoms with Gasteiger partial charge in [-0.25, -0.2) is 4.79 Å². The van der Waals surface area contributed by atoms with Crippen molar-refractivity contribution in [2.45, 2.75) is 63.4 Å². The molecule has 12 nitrogen and oxygen atoms in total. The zero-order valence-electron chi connectivity index (χ0n) is 17.2. The lowest BCUT2D eigenvalue weighted by Gasteiger charge is -2.26. The molecule has 172 valence electrons. The molecule has 0 aromatic carbocycles. The highest BCUT2D eigenvalue weighted by Gasteiger charge is 2.31. The summed E-state index contributed by atoms with van der Waals surface area (Å²) in [6, 6.07) is -4.78. The van der Waals surface area contributed by atoms with Gasteiger partial charge in [0.1, 0.15) is 18.1 Å². The average Bonchev–Trinajstić information content (AvgIpc) is 2.64. The lowest BCUT2D eigenvalue weighted by Crippen LogP contribution is -2.59. The van der Waals surface area contributed by atoms with Crippen molar-refractivity contribution in [3.05, 3.63) is 0 Å². The molecule has 9 N–H and O–H groups in total. The molecule has 0 aromatic rings. The first-order valence-corrected chi connectivity index (χ1v) is 10.6. The van der Waals surface area contributed by atoms with Crippen LogP contribution in [0.5, 0.6) is 0 Å². The molecule has 0 aromatic heterocycles. The summed E-state index contributed by atoms with van der Waals surface area (Å²) < 4.78 is 0. The largest absolute Gasteiger partial charge is 0.480 e. The first kappa shape index (κ1) is 27.6. The van der Waals surface area contributed by atoms with Gasteiger partial charge < -0.3 is 37.6 Å². The maximum atomic E-state index is 12.6. The Kier molecular flexibility index (Phi) is 12.7. The van der Waals surface area contributed by atoms with Crippen LogP contribution in [0.25, 0.3) is 0 Å². The summed E-state index contributed by atoms with van der Waals surface area (Å²) in [4.78, 5) is 59.2. The van der Waals surface area contributed by atoms with Crippen molar-refractivity contribution in [2.24, 2.45) is 11.5 Å². The molecule has 0 spiro atoms. The predicted octanol–water partition coefficient (Wildman–Crippen LogP) is -2.73. The van der Waals surface area contributed by atoms with Crippen LogP contribution in [0, 0.1) is 0 Å². The number of amides is 4. The fraction of sp³-hybridized carbons (Fsp3) is 0.706. The number of aliphatic hydroxyl groups is 1. The fourth-order valence-electron chi connectivity index (χ4n) is 2.27. The molecule has 5 unspecified atom stereocenters. The van der Waals surface area contributed by atoms with Gasteiger partial charge in [0.25, 0.3) is 0 Å². The Morgan fingerprint density at radius 3 is 1.93 bits per heavy atom. The normalized spacial score (nSPS) is 15.8. The number of carboxylic acid groups (broad SMARTS) is 1. The fourth-order valence-corrected chi connectivity index (χ4v) is 2.74. The SMILES string of the molecule is CSCCC(NC(=O)C(NC(=O)C(C)N)C(C)O)C(=O)NC(CCC(N)=O)C(=O)O. The number of primary amides is 1. The van der Waals surface area contributed by atoms with E-state index in [1.165, 1.54) is 25.6 Å². The topological polar surface area (TPSA) is 214 Å². The zero-order valence-corrected chi connectivity index (χ0v) is 18.0. The van der Waals surface area contributed by atoms with Gasteiger partial charge in [0.15, 0.2) is 0 Å². The van der Waals surface area contributed by atoms with Gasteiger partial charge in [0, 0.05) is 6.42 Å². The van der Waals surface area contributed by atoms with E-state index in [0.29, 0.717) is 5.75 Å². The number of aliphatic hydroxyl groups excluding tert-OH is 1. The molecule has 0 heterocycles. The minimum atomic E-state index is -1.37. The smallest absolute Gasteiger partial charge is 0.326 e. The maximum absolute atomic E-state index is 12.6. The third-order valence-electron chi connectivity index (χ3n) is 4.01. The van der Waals surface area contributed by atoms with Crippen molar-refractivity contribution in [2.75, 3.05) is 12.0 Å². The zero-order chi connectivity index (χ0) is 23.4. The van der Waals surface area contributed by atoms with Crippen molar-refractivity contribution in [3.8, 4) is 0 Å². The van der Waals surface area contributed by atoms with Crippen molar-refractivity contribution < 1.29 is 34.2 Å². The second-order valence-electron chi connectivity index (χ2n) is 6.76. The second kappa shape index (κ2) is 13.8. The number of hydrogen-bond acceptors (Lipinski definition) is 8. The summed E-state index contributed by atoms with van der Waals surface area (Å²) in [7, 11) is 0. The van der Waals surface area contributed by atoms with E-state index in [0.717, 1.165) is 0 Å². The van der Waals surface area contributed by atoms with E-state index in [9.17, 15) is 34.2 Å². The molecule has 13 heteroatoms. The molecule has 0 bridgehead atoms. The Bertz CT molecular complexity index is 630. The Labute approximate surface area is 178 Å². The molecule has 0 fully saturated rings. The number of carbonyl (C=O) groups is 5. The van der Waals surface area contributed by atoms with Crippen LogP contribution in [0.1, 0.15) is 33.1 Å². The molecule has 30 heavy (non-hydrogen) atoms. The molecule has 0 rings (SSSR count). The number of hydrogen-bond donors (Lipinski definition) is 7. The molecule has 0 aliphatic heterocycles. The van der Waals surface area contributed by atoms with E-state index < -0.39 is 59.9 Å². The summed E-state index contributed by atoms with van der Waals surface area (Å²) in [6.45, 7) is 2.69. The minimum Gasteiger partial charge on any atom is -0.480 e. The van der Waals surface area contributed by atoms with E-state index >= 15 is 0 Å². The molecule has 0 aliphatic carbocycles. The highest BCUT2D eigenvalue weighted by molar-refractivity contribution is 7.98. The van der Waals surface area contributed by atoms with E-state index in [1.807, 2.05) is 0 Å². The summed E-state index contributed by atoms with van der Waals surface area (Å²) in [6.07, 6.45) is 0.214. The lowest BCUT2D eigenvalue weighted by atomic mass is 10.1. The average molecular weight is 450 g/mol. The Morgan fingerprint density at radius 2 is 1.50 bits per heavy atom. The highest BCUT2D eigenvalue weighted by Crippen LogP contribution is 2.05. The van der Waals surface area contributed by atoms with E-state index in [4.69, 9.17) is 11.5 Å². The van der Waals surface area contributed by atoms with Crippen LogP contribution in [-0.4, -0.2) is 82.1 Å². The predicted molar refractivity (Wildman–Crippen MR) is 110 cm³/mol. The quantitative estimate of drug-likeness (QED) is 0.146. The number of thioether (sulfide) groups is 1. The Hall–Kier alpha value is -2.38. The minimum absolute atomic E-state index is 0.161. The third-order valence-corrected chi connectivity index (χ3v) is 4.66. The molecule has 4 amide bonds. The van der Waals surface area contributed by atoms with Gasteiger partial charge in [-0.3, -0.25) is 19.2 Å². The van der Waals surface area contributed by atoms with Crippen LogP contribution < -0.4 is 27.4 Å². The number of rotatable bonds is 14. The van der Waals surface area contributed by atoms with E-state index in [1.54, 1.807) is 6.26 Å².